The van der Waals surface area contributed by atoms with Crippen LogP contribution in [0.1, 0.15) is 19.4 Å². The molecule has 18 heavy (non-hydrogen) atoms. The minimum absolute atomic E-state index is 0.203. The van der Waals surface area contributed by atoms with Gasteiger partial charge in [-0.2, -0.15) is 5.26 Å². The molecule has 1 aliphatic rings. The molecule has 1 aromatic rings. The van der Waals surface area contributed by atoms with Crippen molar-refractivity contribution in [2.75, 3.05) is 4.90 Å². The topological polar surface area (TPSA) is 79.3 Å². The Bertz CT molecular complexity index is 521. The summed E-state index contributed by atoms with van der Waals surface area (Å²) in [6, 6.07) is 7.00. The van der Waals surface area contributed by atoms with Crippen molar-refractivity contribution in [3.8, 4) is 11.8 Å². The van der Waals surface area contributed by atoms with Gasteiger partial charge < -0.3 is 10.5 Å². The summed E-state index contributed by atoms with van der Waals surface area (Å²) in [5, 5.41) is 9.03. The van der Waals surface area contributed by atoms with Crippen molar-refractivity contribution in [1.29, 1.82) is 5.26 Å². The molecule has 0 saturated heterocycles. The maximum absolute atomic E-state index is 12.1. The molecule has 0 bridgehead atoms. The van der Waals surface area contributed by atoms with Crippen molar-refractivity contribution in [2.24, 2.45) is 5.73 Å². The average molecular weight is 245 g/mol. The number of ether oxygens (including phenoxy) is 1. The number of amides is 1. The second-order valence-corrected chi connectivity index (χ2v) is 4.28. The lowest BCUT2D eigenvalue weighted by Crippen LogP contribution is -2.48. The van der Waals surface area contributed by atoms with Crippen LogP contribution in [0.3, 0.4) is 0 Å². The molecule has 5 heteroatoms. The summed E-state index contributed by atoms with van der Waals surface area (Å²) >= 11 is 0. The van der Waals surface area contributed by atoms with E-state index < -0.39 is 12.1 Å². The van der Waals surface area contributed by atoms with Crippen LogP contribution in [0.4, 0.5) is 5.69 Å². The van der Waals surface area contributed by atoms with Gasteiger partial charge in [0.2, 0.25) is 0 Å². The summed E-state index contributed by atoms with van der Waals surface area (Å²) < 4.78 is 5.53. The molecule has 1 aromatic carbocycles. The minimum Gasteiger partial charge on any atom is -0.479 e. The molecular formula is C13H15N3O2. The predicted octanol–water partition coefficient (Wildman–Crippen LogP) is 1.17. The van der Waals surface area contributed by atoms with Crippen LogP contribution >= 0.6 is 0 Å². The Morgan fingerprint density at radius 3 is 2.94 bits per heavy atom. The van der Waals surface area contributed by atoms with E-state index in [0.29, 0.717) is 18.0 Å². The van der Waals surface area contributed by atoms with E-state index in [2.05, 4.69) is 6.07 Å². The zero-order valence-electron chi connectivity index (χ0n) is 10.4. The summed E-state index contributed by atoms with van der Waals surface area (Å²) in [5.41, 5.74) is 7.11. The van der Waals surface area contributed by atoms with E-state index in [1.165, 1.54) is 4.90 Å². The SMILES string of the molecule is CC1Oc2ccc(CN)cc2N(C(C)C#N)C1=O. The normalized spacial score (nSPS) is 19.8. The summed E-state index contributed by atoms with van der Waals surface area (Å²) in [5.74, 6) is 0.409. The maximum atomic E-state index is 12.1. The van der Waals surface area contributed by atoms with Gasteiger partial charge in [-0.25, -0.2) is 0 Å². The van der Waals surface area contributed by atoms with E-state index in [9.17, 15) is 4.79 Å². The Labute approximate surface area is 106 Å². The van der Waals surface area contributed by atoms with Gasteiger partial charge in [0.05, 0.1) is 11.8 Å². The van der Waals surface area contributed by atoms with E-state index >= 15 is 0 Å². The number of nitriles is 1. The quantitative estimate of drug-likeness (QED) is 0.848. The zero-order valence-corrected chi connectivity index (χ0v) is 10.4. The lowest BCUT2D eigenvalue weighted by molar-refractivity contribution is -0.125. The minimum atomic E-state index is -0.572. The van der Waals surface area contributed by atoms with Gasteiger partial charge in [0, 0.05) is 6.54 Å². The van der Waals surface area contributed by atoms with E-state index in [1.807, 2.05) is 6.07 Å². The fraction of sp³-hybridized carbons (Fsp3) is 0.385. The molecule has 0 spiro atoms. The number of fused-ring (bicyclic) bond motifs is 1. The number of anilines is 1. The number of rotatable bonds is 2. The molecule has 2 unspecified atom stereocenters. The number of hydrogen-bond donors (Lipinski definition) is 1. The van der Waals surface area contributed by atoms with Gasteiger partial charge in [0.1, 0.15) is 11.8 Å². The fourth-order valence-electron chi connectivity index (χ4n) is 1.99. The predicted molar refractivity (Wildman–Crippen MR) is 67.0 cm³/mol. The Hall–Kier alpha value is -2.06. The Morgan fingerprint density at radius 2 is 2.33 bits per heavy atom. The summed E-state index contributed by atoms with van der Waals surface area (Å²) in [4.78, 5) is 13.6. The third-order valence-electron chi connectivity index (χ3n) is 2.98. The monoisotopic (exact) mass is 245 g/mol. The molecule has 2 rings (SSSR count). The van der Waals surface area contributed by atoms with Gasteiger partial charge in [0.15, 0.2) is 6.10 Å². The number of nitrogens with zero attached hydrogens (tertiary/aromatic N) is 2. The smallest absolute Gasteiger partial charge is 0.268 e. The standard InChI is InChI=1S/C13H15N3O2/c1-8(6-14)16-11-5-10(7-15)3-4-12(11)18-9(2)13(16)17/h3-5,8-9H,7,15H2,1-2H3. The van der Waals surface area contributed by atoms with Crippen LogP contribution in [0, 0.1) is 11.3 Å². The van der Waals surface area contributed by atoms with Crippen molar-refractivity contribution in [1.82, 2.24) is 0 Å². The van der Waals surface area contributed by atoms with E-state index in [0.717, 1.165) is 5.56 Å². The van der Waals surface area contributed by atoms with Crippen molar-refractivity contribution in [2.45, 2.75) is 32.5 Å². The zero-order chi connectivity index (χ0) is 13.3. The highest BCUT2D eigenvalue weighted by Gasteiger charge is 2.34. The van der Waals surface area contributed by atoms with Crippen LogP contribution in [0.25, 0.3) is 0 Å². The molecule has 5 nitrogen and oxygen atoms in total. The van der Waals surface area contributed by atoms with Crippen molar-refractivity contribution in [3.05, 3.63) is 23.8 Å². The first kappa shape index (κ1) is 12.4. The van der Waals surface area contributed by atoms with Gasteiger partial charge in [-0.1, -0.05) is 6.07 Å². The van der Waals surface area contributed by atoms with E-state index in [4.69, 9.17) is 15.7 Å². The molecule has 0 saturated carbocycles. The summed E-state index contributed by atoms with van der Waals surface area (Å²) in [7, 11) is 0. The van der Waals surface area contributed by atoms with Gasteiger partial charge in [-0.05, 0) is 31.5 Å². The average Bonchev–Trinajstić information content (AvgIpc) is 2.39. The lowest BCUT2D eigenvalue weighted by atomic mass is 10.1. The van der Waals surface area contributed by atoms with Gasteiger partial charge >= 0.3 is 0 Å². The third kappa shape index (κ3) is 1.91. The fourth-order valence-corrected chi connectivity index (χ4v) is 1.99. The van der Waals surface area contributed by atoms with E-state index in [-0.39, 0.29) is 5.91 Å². The van der Waals surface area contributed by atoms with Crippen LogP contribution in [0.15, 0.2) is 18.2 Å². The molecule has 2 N–H and O–H groups in total. The third-order valence-corrected chi connectivity index (χ3v) is 2.98. The van der Waals surface area contributed by atoms with Gasteiger partial charge in [-0.3, -0.25) is 9.69 Å². The number of carbonyl (C=O) groups excluding carboxylic acids is 1. The highest BCUT2D eigenvalue weighted by Crippen LogP contribution is 2.35. The number of nitrogens with two attached hydrogens (primary N) is 1. The highest BCUT2D eigenvalue weighted by molar-refractivity contribution is 6.00. The molecule has 0 aliphatic carbocycles. The summed E-state index contributed by atoms with van der Waals surface area (Å²) in [6.07, 6.45) is -0.572. The number of carbonyl (C=O) groups is 1. The summed E-state index contributed by atoms with van der Waals surface area (Å²) in [6.45, 7) is 3.75. The molecule has 1 amide bonds. The first-order valence-corrected chi connectivity index (χ1v) is 5.80. The molecule has 0 aromatic heterocycles. The van der Waals surface area contributed by atoms with Crippen molar-refractivity contribution >= 4 is 11.6 Å². The molecule has 0 radical (unpaired) electrons. The maximum Gasteiger partial charge on any atom is 0.268 e. The first-order chi connectivity index (χ1) is 8.58. The molecule has 2 atom stereocenters. The van der Waals surface area contributed by atoms with Crippen LogP contribution in [0.2, 0.25) is 0 Å². The molecule has 94 valence electrons. The van der Waals surface area contributed by atoms with Crippen molar-refractivity contribution < 1.29 is 9.53 Å². The number of hydrogen-bond acceptors (Lipinski definition) is 4. The Morgan fingerprint density at radius 1 is 1.61 bits per heavy atom. The first-order valence-electron chi connectivity index (χ1n) is 5.80. The van der Waals surface area contributed by atoms with Gasteiger partial charge in [-0.15, -0.1) is 0 Å². The molecular weight excluding hydrogens is 230 g/mol. The highest BCUT2D eigenvalue weighted by atomic mass is 16.5. The van der Waals surface area contributed by atoms with Crippen LogP contribution in [-0.4, -0.2) is 18.1 Å². The Balaban J connectivity index is 2.53. The molecule has 1 heterocycles. The van der Waals surface area contributed by atoms with Crippen LogP contribution in [-0.2, 0) is 11.3 Å². The van der Waals surface area contributed by atoms with E-state index in [1.54, 1.807) is 26.0 Å². The lowest BCUT2D eigenvalue weighted by Gasteiger charge is -2.34. The van der Waals surface area contributed by atoms with Crippen molar-refractivity contribution in [3.63, 3.8) is 0 Å². The Kier molecular flexibility index (Phi) is 3.21. The number of benzene rings is 1. The van der Waals surface area contributed by atoms with Crippen LogP contribution in [0.5, 0.6) is 5.75 Å². The second-order valence-electron chi connectivity index (χ2n) is 4.28. The van der Waals surface area contributed by atoms with Crippen LogP contribution < -0.4 is 15.4 Å². The van der Waals surface area contributed by atoms with Gasteiger partial charge in [0.25, 0.3) is 5.91 Å². The largest absolute Gasteiger partial charge is 0.479 e. The molecule has 1 aliphatic heterocycles. The molecule has 0 fully saturated rings. The second kappa shape index (κ2) is 4.67.